The second-order valence-corrected chi connectivity index (χ2v) is 6.11. The molecular formula is C16H15BrClNO. The van der Waals surface area contributed by atoms with E-state index in [1.165, 1.54) is 5.56 Å². The largest absolute Gasteiger partial charge is 0.493 e. The number of para-hydroxylation sites is 1. The van der Waals surface area contributed by atoms with Crippen LogP contribution in [0.4, 0.5) is 0 Å². The molecule has 0 bridgehead atoms. The Labute approximate surface area is 132 Å². The van der Waals surface area contributed by atoms with E-state index in [1.54, 1.807) is 0 Å². The zero-order chi connectivity index (χ0) is 14.1. The van der Waals surface area contributed by atoms with Gasteiger partial charge in [-0.3, -0.25) is 0 Å². The van der Waals surface area contributed by atoms with Gasteiger partial charge in [0.2, 0.25) is 0 Å². The van der Waals surface area contributed by atoms with Crippen LogP contribution in [0.25, 0.3) is 0 Å². The molecule has 3 rings (SSSR count). The summed E-state index contributed by atoms with van der Waals surface area (Å²) < 4.78 is 6.85. The van der Waals surface area contributed by atoms with Gasteiger partial charge in [-0.05, 0) is 36.4 Å². The van der Waals surface area contributed by atoms with E-state index in [0.717, 1.165) is 39.4 Å². The summed E-state index contributed by atoms with van der Waals surface area (Å²) in [5.74, 6) is 1.01. The number of fused-ring (bicyclic) bond motifs is 1. The molecule has 0 aliphatic carbocycles. The summed E-state index contributed by atoms with van der Waals surface area (Å²) >= 11 is 9.75. The monoisotopic (exact) mass is 351 g/mol. The summed E-state index contributed by atoms with van der Waals surface area (Å²) in [4.78, 5) is 0. The van der Waals surface area contributed by atoms with Crippen LogP contribution in [0.15, 0.2) is 40.9 Å². The summed E-state index contributed by atoms with van der Waals surface area (Å²) in [5, 5.41) is 4.10. The number of halogens is 2. The van der Waals surface area contributed by atoms with Crippen molar-refractivity contribution in [2.45, 2.75) is 12.5 Å². The third kappa shape index (κ3) is 2.46. The van der Waals surface area contributed by atoms with Crippen molar-refractivity contribution in [3.8, 4) is 5.75 Å². The predicted molar refractivity (Wildman–Crippen MR) is 85.7 cm³/mol. The molecule has 1 aliphatic rings. The molecule has 104 valence electrons. The molecule has 4 heteroatoms. The highest BCUT2D eigenvalue weighted by molar-refractivity contribution is 9.10. The Hall–Kier alpha value is -1.03. The molecule has 1 aliphatic heterocycles. The first-order valence-corrected chi connectivity index (χ1v) is 7.74. The summed E-state index contributed by atoms with van der Waals surface area (Å²) in [6.07, 6.45) is 0.982. The average Bonchev–Trinajstić information content (AvgIpc) is 2.92. The molecule has 1 N–H and O–H groups in total. The van der Waals surface area contributed by atoms with E-state index >= 15 is 0 Å². The Balaban J connectivity index is 2.11. The van der Waals surface area contributed by atoms with Gasteiger partial charge in [-0.15, -0.1) is 0 Å². The second-order valence-electron chi connectivity index (χ2n) is 4.82. The first-order chi connectivity index (χ1) is 9.70. The molecule has 0 saturated carbocycles. The Morgan fingerprint density at radius 3 is 2.90 bits per heavy atom. The SMILES string of the molecule is CNC(c1cc(Cl)ccc1Br)c1cccc2c1OCC2. The fourth-order valence-electron chi connectivity index (χ4n) is 2.68. The highest BCUT2D eigenvalue weighted by Crippen LogP contribution is 2.38. The van der Waals surface area contributed by atoms with Crippen molar-refractivity contribution in [2.75, 3.05) is 13.7 Å². The molecule has 0 amide bonds. The maximum atomic E-state index is 6.14. The summed E-state index contributed by atoms with van der Waals surface area (Å²) in [7, 11) is 1.95. The minimum absolute atomic E-state index is 0.0520. The van der Waals surface area contributed by atoms with Gasteiger partial charge in [0.25, 0.3) is 0 Å². The number of hydrogen-bond donors (Lipinski definition) is 1. The molecule has 2 aromatic carbocycles. The predicted octanol–water partition coefficient (Wildman–Crippen LogP) is 4.35. The lowest BCUT2D eigenvalue weighted by molar-refractivity contribution is 0.351. The van der Waals surface area contributed by atoms with Crippen LogP contribution in [0.5, 0.6) is 5.75 Å². The van der Waals surface area contributed by atoms with Crippen LogP contribution in [0, 0.1) is 0 Å². The van der Waals surface area contributed by atoms with Crippen LogP contribution in [0.3, 0.4) is 0 Å². The Morgan fingerprint density at radius 1 is 1.25 bits per heavy atom. The van der Waals surface area contributed by atoms with Crippen molar-refractivity contribution in [1.29, 1.82) is 0 Å². The lowest BCUT2D eigenvalue weighted by Gasteiger charge is -2.21. The van der Waals surface area contributed by atoms with Crippen LogP contribution in [-0.4, -0.2) is 13.7 Å². The summed E-state index contributed by atoms with van der Waals surface area (Å²) in [5.41, 5.74) is 3.55. The Morgan fingerprint density at radius 2 is 2.10 bits per heavy atom. The smallest absolute Gasteiger partial charge is 0.127 e. The topological polar surface area (TPSA) is 21.3 Å². The molecule has 0 aromatic heterocycles. The Bertz CT molecular complexity index is 644. The summed E-state index contributed by atoms with van der Waals surface area (Å²) in [6.45, 7) is 0.763. The molecule has 1 atom stereocenters. The number of benzene rings is 2. The lowest BCUT2D eigenvalue weighted by atomic mass is 9.96. The van der Waals surface area contributed by atoms with Gasteiger partial charge in [0.1, 0.15) is 5.75 Å². The van der Waals surface area contributed by atoms with Gasteiger partial charge in [0, 0.05) is 21.5 Å². The van der Waals surface area contributed by atoms with Gasteiger partial charge in [0.15, 0.2) is 0 Å². The standard InChI is InChI=1S/C16H15BrClNO/c1-19-15(13-9-11(18)5-6-14(13)17)12-4-2-3-10-7-8-20-16(10)12/h2-6,9,15,19H,7-8H2,1H3. The molecule has 20 heavy (non-hydrogen) atoms. The van der Waals surface area contributed by atoms with E-state index in [9.17, 15) is 0 Å². The van der Waals surface area contributed by atoms with Crippen molar-refractivity contribution in [2.24, 2.45) is 0 Å². The zero-order valence-corrected chi connectivity index (χ0v) is 13.5. The van der Waals surface area contributed by atoms with Gasteiger partial charge in [0.05, 0.1) is 12.6 Å². The molecule has 1 unspecified atom stereocenters. The number of rotatable bonds is 3. The molecule has 2 nitrogen and oxygen atoms in total. The first-order valence-electron chi connectivity index (χ1n) is 6.57. The van der Waals surface area contributed by atoms with Gasteiger partial charge < -0.3 is 10.1 Å². The van der Waals surface area contributed by atoms with Crippen LogP contribution >= 0.6 is 27.5 Å². The molecule has 0 radical (unpaired) electrons. The molecule has 0 spiro atoms. The van der Waals surface area contributed by atoms with Crippen LogP contribution in [0.2, 0.25) is 5.02 Å². The van der Waals surface area contributed by atoms with E-state index in [1.807, 2.05) is 25.2 Å². The van der Waals surface area contributed by atoms with Gasteiger partial charge >= 0.3 is 0 Å². The van der Waals surface area contributed by atoms with Gasteiger partial charge in [-0.25, -0.2) is 0 Å². The zero-order valence-electron chi connectivity index (χ0n) is 11.1. The molecule has 2 aromatic rings. The van der Waals surface area contributed by atoms with Gasteiger partial charge in [-0.1, -0.05) is 45.7 Å². The normalized spacial score (nSPS) is 14.8. The Kier molecular flexibility index (Phi) is 4.01. The van der Waals surface area contributed by atoms with E-state index in [-0.39, 0.29) is 6.04 Å². The van der Waals surface area contributed by atoms with Crippen molar-refractivity contribution < 1.29 is 4.74 Å². The lowest BCUT2D eigenvalue weighted by Crippen LogP contribution is -2.19. The fraction of sp³-hybridized carbons (Fsp3) is 0.250. The average molecular weight is 353 g/mol. The molecule has 0 fully saturated rings. The third-order valence-corrected chi connectivity index (χ3v) is 4.57. The molecular weight excluding hydrogens is 338 g/mol. The van der Waals surface area contributed by atoms with Crippen molar-refractivity contribution in [3.05, 3.63) is 62.6 Å². The van der Waals surface area contributed by atoms with Gasteiger partial charge in [-0.2, -0.15) is 0 Å². The van der Waals surface area contributed by atoms with Crippen molar-refractivity contribution >= 4 is 27.5 Å². The van der Waals surface area contributed by atoms with E-state index in [4.69, 9.17) is 16.3 Å². The van der Waals surface area contributed by atoms with E-state index in [0.29, 0.717) is 0 Å². The van der Waals surface area contributed by atoms with Crippen molar-refractivity contribution in [3.63, 3.8) is 0 Å². The van der Waals surface area contributed by atoms with Crippen LogP contribution in [-0.2, 0) is 6.42 Å². The molecule has 1 heterocycles. The minimum atomic E-state index is 0.0520. The quantitative estimate of drug-likeness (QED) is 0.887. The maximum Gasteiger partial charge on any atom is 0.127 e. The van der Waals surface area contributed by atoms with Crippen LogP contribution in [0.1, 0.15) is 22.7 Å². The van der Waals surface area contributed by atoms with E-state index in [2.05, 4.69) is 39.4 Å². The van der Waals surface area contributed by atoms with Crippen molar-refractivity contribution in [1.82, 2.24) is 5.32 Å². The molecule has 0 saturated heterocycles. The van der Waals surface area contributed by atoms with E-state index < -0.39 is 0 Å². The summed E-state index contributed by atoms with van der Waals surface area (Å²) in [6, 6.07) is 12.2. The highest BCUT2D eigenvalue weighted by Gasteiger charge is 2.23. The number of ether oxygens (including phenoxy) is 1. The third-order valence-electron chi connectivity index (χ3n) is 3.61. The minimum Gasteiger partial charge on any atom is -0.493 e. The number of nitrogens with one attached hydrogen (secondary N) is 1. The fourth-order valence-corrected chi connectivity index (χ4v) is 3.34. The van der Waals surface area contributed by atoms with Crippen LogP contribution < -0.4 is 10.1 Å². The first kappa shape index (κ1) is 13.9. The maximum absolute atomic E-state index is 6.14. The highest BCUT2D eigenvalue weighted by atomic mass is 79.9. The second kappa shape index (κ2) is 5.76. The number of hydrogen-bond acceptors (Lipinski definition) is 2.